The molecule has 1 fully saturated rings. The lowest BCUT2D eigenvalue weighted by Gasteiger charge is -2.47. The van der Waals surface area contributed by atoms with Gasteiger partial charge in [-0.1, -0.05) is 111 Å². The number of piperidine rings is 1. The number of urea groups is 1. The van der Waals surface area contributed by atoms with Crippen LogP contribution < -0.4 is 16.0 Å². The van der Waals surface area contributed by atoms with Crippen molar-refractivity contribution in [2.24, 2.45) is 5.92 Å². The molecule has 0 aliphatic carbocycles. The number of methoxy groups -OCH3 is 1. The maximum absolute atomic E-state index is 13.2. The Morgan fingerprint density at radius 3 is 2.02 bits per heavy atom. The summed E-state index contributed by atoms with van der Waals surface area (Å²) in [5, 5.41) is 9.48. The zero-order chi connectivity index (χ0) is 29.6. The molecule has 0 radical (unpaired) electrons. The van der Waals surface area contributed by atoms with Crippen LogP contribution in [0.4, 0.5) is 4.79 Å². The second kappa shape index (κ2) is 16.7. The van der Waals surface area contributed by atoms with Crippen LogP contribution >= 0.6 is 0 Å². The molecule has 1 aliphatic heterocycles. The van der Waals surface area contributed by atoms with Crippen LogP contribution in [0.5, 0.6) is 0 Å². The van der Waals surface area contributed by atoms with Crippen molar-refractivity contribution in [3.63, 3.8) is 0 Å². The predicted molar refractivity (Wildman–Crippen MR) is 168 cm³/mol. The molecule has 3 atom stereocenters. The molecule has 224 valence electrons. The molecule has 3 aromatic rings. The number of amides is 3. The Morgan fingerprint density at radius 1 is 0.833 bits per heavy atom. The third-order valence-electron chi connectivity index (χ3n) is 8.13. The molecule has 7 nitrogen and oxygen atoms in total. The Morgan fingerprint density at radius 2 is 1.43 bits per heavy atom. The molecule has 3 aromatic carbocycles. The minimum Gasteiger partial charge on any atom is -0.380 e. The van der Waals surface area contributed by atoms with Crippen LogP contribution in [-0.4, -0.2) is 55.9 Å². The van der Waals surface area contributed by atoms with Gasteiger partial charge in [-0.15, -0.1) is 0 Å². The van der Waals surface area contributed by atoms with Gasteiger partial charge in [0.05, 0.1) is 18.3 Å². The van der Waals surface area contributed by atoms with E-state index in [4.69, 9.17) is 4.74 Å². The molecule has 42 heavy (non-hydrogen) atoms. The van der Waals surface area contributed by atoms with Gasteiger partial charge in [-0.3, -0.25) is 9.69 Å². The van der Waals surface area contributed by atoms with Crippen molar-refractivity contribution < 1.29 is 14.3 Å². The summed E-state index contributed by atoms with van der Waals surface area (Å²) in [6, 6.07) is 29.8. The Hall–Kier alpha value is -3.68. The number of nitrogens with zero attached hydrogens (tertiary/aromatic N) is 1. The molecule has 0 aromatic heterocycles. The molecule has 0 bridgehead atoms. The number of ether oxygens (including phenoxy) is 1. The van der Waals surface area contributed by atoms with Gasteiger partial charge in [0, 0.05) is 38.2 Å². The third kappa shape index (κ3) is 8.91. The van der Waals surface area contributed by atoms with E-state index in [1.54, 1.807) is 7.11 Å². The maximum Gasteiger partial charge on any atom is 0.316 e. The fourth-order valence-corrected chi connectivity index (χ4v) is 5.86. The van der Waals surface area contributed by atoms with Crippen LogP contribution in [0.15, 0.2) is 91.0 Å². The molecule has 1 aliphatic rings. The number of rotatable bonds is 14. The number of unbranched alkanes of at least 4 members (excludes halogenated alkanes) is 4. The van der Waals surface area contributed by atoms with Gasteiger partial charge in [0.25, 0.3) is 5.91 Å². The first-order chi connectivity index (χ1) is 20.6. The van der Waals surface area contributed by atoms with Gasteiger partial charge in [0.15, 0.2) is 0 Å². The molecule has 1 saturated heterocycles. The zero-order valence-electron chi connectivity index (χ0n) is 25.0. The van der Waals surface area contributed by atoms with Crippen LogP contribution in [0.1, 0.15) is 73.0 Å². The molecule has 1 heterocycles. The number of carbonyl (C=O) groups excluding carboxylic acids is 2. The van der Waals surface area contributed by atoms with Crippen molar-refractivity contribution in [2.45, 2.75) is 63.8 Å². The summed E-state index contributed by atoms with van der Waals surface area (Å²) >= 11 is 0. The monoisotopic (exact) mass is 570 g/mol. The summed E-state index contributed by atoms with van der Waals surface area (Å²) in [5.41, 5.74) is 2.93. The molecular formula is C35H46N4O3. The average molecular weight is 571 g/mol. The van der Waals surface area contributed by atoms with E-state index in [1.807, 2.05) is 42.5 Å². The van der Waals surface area contributed by atoms with Crippen molar-refractivity contribution in [1.82, 2.24) is 20.9 Å². The van der Waals surface area contributed by atoms with Crippen molar-refractivity contribution >= 4 is 11.9 Å². The highest BCUT2D eigenvalue weighted by molar-refractivity contribution is 5.94. The molecule has 0 saturated carbocycles. The van der Waals surface area contributed by atoms with Gasteiger partial charge in [0.2, 0.25) is 0 Å². The maximum atomic E-state index is 13.2. The van der Waals surface area contributed by atoms with Gasteiger partial charge in [-0.2, -0.15) is 0 Å². The number of likely N-dealkylation sites (tertiary alicyclic amines) is 1. The van der Waals surface area contributed by atoms with E-state index in [2.05, 4.69) is 76.3 Å². The normalized spacial score (nSPS) is 18.9. The van der Waals surface area contributed by atoms with E-state index in [1.165, 1.54) is 19.3 Å². The number of carbonyl (C=O) groups is 2. The number of hydrogen-bond donors (Lipinski definition) is 3. The second-order valence-corrected chi connectivity index (χ2v) is 11.1. The number of hydrogen-bond acceptors (Lipinski definition) is 4. The van der Waals surface area contributed by atoms with Crippen molar-refractivity contribution in [3.8, 4) is 0 Å². The quantitative estimate of drug-likeness (QED) is 0.203. The standard InChI is InChI=1S/C35H46N4O3/c1-3-4-5-6-16-23-36-35(41)38-32-24-30(25-37-34(40)29-21-14-9-15-22-29)31(42-2)26-39(32)33(27-17-10-7-11-18-27)28-19-12-8-13-20-28/h7-15,17-22,30-33H,3-6,16,23-26H2,1-2H3,(H,37,40)(H2,36,38,41). The zero-order valence-corrected chi connectivity index (χ0v) is 25.0. The topological polar surface area (TPSA) is 82.7 Å². The fourth-order valence-electron chi connectivity index (χ4n) is 5.86. The predicted octanol–water partition coefficient (Wildman–Crippen LogP) is 6.14. The summed E-state index contributed by atoms with van der Waals surface area (Å²) < 4.78 is 6.04. The molecule has 0 spiro atoms. The Kier molecular flexibility index (Phi) is 12.4. The highest BCUT2D eigenvalue weighted by atomic mass is 16.5. The Bertz CT molecular complexity index is 1170. The van der Waals surface area contributed by atoms with E-state index in [0.717, 1.165) is 24.0 Å². The highest BCUT2D eigenvalue weighted by Crippen LogP contribution is 2.35. The number of nitrogens with one attached hydrogen (secondary N) is 3. The molecule has 4 rings (SSSR count). The Balaban J connectivity index is 1.54. The third-order valence-corrected chi connectivity index (χ3v) is 8.13. The van der Waals surface area contributed by atoms with Gasteiger partial charge in [-0.25, -0.2) is 4.79 Å². The van der Waals surface area contributed by atoms with Crippen molar-refractivity contribution in [1.29, 1.82) is 0 Å². The van der Waals surface area contributed by atoms with E-state index >= 15 is 0 Å². The Labute approximate surface area is 251 Å². The largest absolute Gasteiger partial charge is 0.380 e. The molecular weight excluding hydrogens is 524 g/mol. The lowest BCUT2D eigenvalue weighted by molar-refractivity contribution is -0.0506. The summed E-state index contributed by atoms with van der Waals surface area (Å²) in [6.07, 6.45) is 5.95. The second-order valence-electron chi connectivity index (χ2n) is 11.1. The van der Waals surface area contributed by atoms with Gasteiger partial charge in [0.1, 0.15) is 0 Å². The first-order valence-corrected chi connectivity index (χ1v) is 15.4. The van der Waals surface area contributed by atoms with Crippen LogP contribution in [-0.2, 0) is 4.74 Å². The lowest BCUT2D eigenvalue weighted by Crippen LogP contribution is -2.61. The van der Waals surface area contributed by atoms with Crippen molar-refractivity contribution in [2.75, 3.05) is 26.7 Å². The average Bonchev–Trinajstić information content (AvgIpc) is 3.03. The highest BCUT2D eigenvalue weighted by Gasteiger charge is 2.40. The minimum atomic E-state index is -0.263. The van der Waals surface area contributed by atoms with Crippen LogP contribution in [0.3, 0.4) is 0 Å². The van der Waals surface area contributed by atoms with Crippen LogP contribution in [0.2, 0.25) is 0 Å². The van der Waals surface area contributed by atoms with E-state index in [-0.39, 0.29) is 36.2 Å². The smallest absolute Gasteiger partial charge is 0.316 e. The summed E-state index contributed by atoms with van der Waals surface area (Å²) in [7, 11) is 1.73. The van der Waals surface area contributed by atoms with Gasteiger partial charge >= 0.3 is 6.03 Å². The van der Waals surface area contributed by atoms with Crippen LogP contribution in [0.25, 0.3) is 0 Å². The minimum absolute atomic E-state index is 0.0189. The summed E-state index contributed by atoms with van der Waals surface area (Å²) in [6.45, 7) is 3.91. The molecule has 3 unspecified atom stereocenters. The first kappa shape index (κ1) is 31.3. The SMILES string of the molecule is CCCCCCCNC(=O)NC1CC(CNC(=O)c2ccccc2)C(OC)CN1C(c1ccccc1)c1ccccc1. The van der Waals surface area contributed by atoms with Gasteiger partial charge in [-0.05, 0) is 36.1 Å². The van der Waals surface area contributed by atoms with Crippen LogP contribution in [0, 0.1) is 5.92 Å². The first-order valence-electron chi connectivity index (χ1n) is 15.4. The van der Waals surface area contributed by atoms with E-state index in [0.29, 0.717) is 31.6 Å². The lowest BCUT2D eigenvalue weighted by atomic mass is 9.87. The van der Waals surface area contributed by atoms with E-state index in [9.17, 15) is 9.59 Å². The van der Waals surface area contributed by atoms with E-state index < -0.39 is 0 Å². The van der Waals surface area contributed by atoms with Crippen molar-refractivity contribution in [3.05, 3.63) is 108 Å². The molecule has 3 N–H and O–H groups in total. The molecule has 7 heteroatoms. The number of benzene rings is 3. The van der Waals surface area contributed by atoms with Gasteiger partial charge < -0.3 is 20.7 Å². The summed E-state index contributed by atoms with van der Waals surface area (Å²) in [5.74, 6) is -0.0879. The fraction of sp³-hybridized carbons (Fsp3) is 0.429. The molecule has 3 amide bonds. The summed E-state index contributed by atoms with van der Waals surface area (Å²) in [4.78, 5) is 28.4.